The van der Waals surface area contributed by atoms with Crippen LogP contribution in [0.15, 0.2) is 176 Å². The third-order valence-corrected chi connectivity index (χ3v) is 14.4. The Kier molecular flexibility index (Phi) is 8.36. The third kappa shape index (κ3) is 5.52. The van der Waals surface area contributed by atoms with Crippen molar-refractivity contribution in [3.05, 3.63) is 198 Å². The van der Waals surface area contributed by atoms with Crippen LogP contribution >= 0.6 is 0 Å². The van der Waals surface area contributed by atoms with Crippen LogP contribution in [0, 0.1) is 13.8 Å². The van der Waals surface area contributed by atoms with Gasteiger partial charge in [-0.25, -0.2) is 0 Å². The average Bonchev–Trinajstić information content (AvgIpc) is 3.85. The molecular formula is C54H37N3Se. The van der Waals surface area contributed by atoms with Crippen molar-refractivity contribution in [2.24, 2.45) is 0 Å². The van der Waals surface area contributed by atoms with Gasteiger partial charge in [0.15, 0.2) is 0 Å². The maximum atomic E-state index is 5.16. The molecule has 0 bridgehead atoms. The van der Waals surface area contributed by atoms with E-state index in [1.807, 2.05) is 0 Å². The van der Waals surface area contributed by atoms with E-state index in [-0.39, 0.29) is 14.5 Å². The summed E-state index contributed by atoms with van der Waals surface area (Å²) in [6.45, 7) is 4.51. The fraction of sp³-hybridized carbons (Fsp3) is 0.0556. The Morgan fingerprint density at radius 1 is 0.431 bits per heavy atom. The molecule has 3 nitrogen and oxygen atoms in total. The molecule has 0 fully saturated rings. The second-order valence-corrected chi connectivity index (χ2v) is 17.5. The van der Waals surface area contributed by atoms with Gasteiger partial charge in [-0.1, -0.05) is 12.1 Å². The van der Waals surface area contributed by atoms with E-state index in [1.165, 1.54) is 74.9 Å². The molecular weight excluding hydrogens is 770 g/mol. The van der Waals surface area contributed by atoms with Crippen LogP contribution in [0.2, 0.25) is 0 Å². The fourth-order valence-corrected chi connectivity index (χ4v) is 11.6. The molecule has 274 valence electrons. The zero-order chi connectivity index (χ0) is 38.7. The van der Waals surface area contributed by atoms with Crippen LogP contribution < -0.4 is 0 Å². The number of rotatable bonds is 6. The van der Waals surface area contributed by atoms with Gasteiger partial charge in [0.2, 0.25) is 0 Å². The van der Waals surface area contributed by atoms with Crippen molar-refractivity contribution in [2.75, 3.05) is 0 Å². The predicted octanol–water partition coefficient (Wildman–Crippen LogP) is 13.4. The molecule has 11 rings (SSSR count). The Labute approximate surface area is 344 Å². The zero-order valence-corrected chi connectivity index (χ0v) is 33.9. The van der Waals surface area contributed by atoms with Crippen molar-refractivity contribution in [3.63, 3.8) is 0 Å². The molecule has 4 heteroatoms. The van der Waals surface area contributed by atoms with E-state index >= 15 is 0 Å². The van der Waals surface area contributed by atoms with Crippen LogP contribution in [0.4, 0.5) is 0 Å². The van der Waals surface area contributed by atoms with Gasteiger partial charge in [-0.2, -0.15) is 0 Å². The summed E-state index contributed by atoms with van der Waals surface area (Å²) in [4.78, 5) is 0. The first-order chi connectivity index (χ1) is 28.6. The molecule has 0 radical (unpaired) electrons. The van der Waals surface area contributed by atoms with Crippen molar-refractivity contribution < 1.29 is 0 Å². The van der Waals surface area contributed by atoms with Crippen molar-refractivity contribution in [2.45, 2.75) is 20.3 Å². The molecule has 2 aromatic heterocycles. The first-order valence-corrected chi connectivity index (χ1v) is 21.5. The van der Waals surface area contributed by atoms with E-state index in [0.29, 0.717) is 0 Å². The van der Waals surface area contributed by atoms with Gasteiger partial charge in [-0.05, 0) is 0 Å². The summed E-state index contributed by atoms with van der Waals surface area (Å²) in [5.74, 6) is 0. The van der Waals surface area contributed by atoms with Gasteiger partial charge in [0.25, 0.3) is 0 Å². The van der Waals surface area contributed by atoms with Crippen molar-refractivity contribution in [1.29, 1.82) is 0 Å². The summed E-state index contributed by atoms with van der Waals surface area (Å²) in [5, 5.41) is 17.4. The van der Waals surface area contributed by atoms with Gasteiger partial charge >= 0.3 is 334 Å². The molecule has 0 saturated carbocycles. The summed E-state index contributed by atoms with van der Waals surface area (Å²) in [6.07, 6.45) is 0.845. The van der Waals surface area contributed by atoms with Crippen LogP contribution in [0.25, 0.3) is 97.4 Å². The quantitative estimate of drug-likeness (QED) is 0.157. The SMILES string of the molecule is Cc1cc2c(c(-c3c(-c4ccccc4)nnnc3-c3cccc(-c4ccccc4)c3-c3c(-c4ccccc4)ccc4[se]c5ccccc5c34)c1C)Cc1ccccc1-2. The summed E-state index contributed by atoms with van der Waals surface area (Å²) >= 11 is 0.175. The number of fused-ring (bicyclic) bond motifs is 6. The molecule has 1 aliphatic rings. The average molecular weight is 807 g/mol. The first-order valence-electron chi connectivity index (χ1n) is 19.8. The summed E-state index contributed by atoms with van der Waals surface area (Å²) in [5.41, 5.74) is 20.8. The number of benzene rings is 8. The van der Waals surface area contributed by atoms with Crippen LogP contribution in [0.1, 0.15) is 22.3 Å². The third-order valence-electron chi connectivity index (χ3n) is 12.0. The van der Waals surface area contributed by atoms with Gasteiger partial charge in [0.1, 0.15) is 0 Å². The van der Waals surface area contributed by atoms with E-state index in [2.05, 4.69) is 195 Å². The minimum absolute atomic E-state index is 0.175. The Morgan fingerprint density at radius 2 is 1.03 bits per heavy atom. The molecule has 58 heavy (non-hydrogen) atoms. The van der Waals surface area contributed by atoms with Gasteiger partial charge in [0, 0.05) is 0 Å². The molecule has 2 heterocycles. The molecule has 0 spiro atoms. The van der Waals surface area contributed by atoms with E-state index in [9.17, 15) is 0 Å². The molecule has 1 aliphatic carbocycles. The van der Waals surface area contributed by atoms with Gasteiger partial charge in [-0.3, -0.25) is 0 Å². The minimum atomic E-state index is 0.175. The van der Waals surface area contributed by atoms with Crippen LogP contribution in [0.5, 0.6) is 0 Å². The second-order valence-electron chi connectivity index (χ2n) is 15.2. The topological polar surface area (TPSA) is 38.7 Å². The molecule has 10 aromatic rings. The number of hydrogen-bond donors (Lipinski definition) is 0. The van der Waals surface area contributed by atoms with Crippen molar-refractivity contribution in [1.82, 2.24) is 15.4 Å². The number of aromatic nitrogens is 3. The molecule has 0 aliphatic heterocycles. The molecule has 0 amide bonds. The monoisotopic (exact) mass is 807 g/mol. The molecule has 0 unspecified atom stereocenters. The van der Waals surface area contributed by atoms with E-state index in [4.69, 9.17) is 10.2 Å². The number of nitrogens with zero attached hydrogens (tertiary/aromatic N) is 3. The molecule has 8 aromatic carbocycles. The molecule has 0 saturated heterocycles. The van der Waals surface area contributed by atoms with E-state index < -0.39 is 0 Å². The van der Waals surface area contributed by atoms with Crippen LogP contribution in [-0.2, 0) is 6.42 Å². The molecule has 0 N–H and O–H groups in total. The Bertz CT molecular complexity index is 3200. The van der Waals surface area contributed by atoms with Gasteiger partial charge < -0.3 is 0 Å². The first kappa shape index (κ1) is 34.5. The maximum absolute atomic E-state index is 5.16. The summed E-state index contributed by atoms with van der Waals surface area (Å²) in [7, 11) is 0. The fourth-order valence-electron chi connectivity index (χ4n) is 9.22. The van der Waals surface area contributed by atoms with E-state index in [1.54, 1.807) is 0 Å². The van der Waals surface area contributed by atoms with Crippen LogP contribution in [0.3, 0.4) is 0 Å². The summed E-state index contributed by atoms with van der Waals surface area (Å²) in [6, 6.07) is 63.9. The summed E-state index contributed by atoms with van der Waals surface area (Å²) < 4.78 is 2.81. The van der Waals surface area contributed by atoms with Crippen molar-refractivity contribution in [3.8, 4) is 78.1 Å². The van der Waals surface area contributed by atoms with Crippen LogP contribution in [-0.4, -0.2) is 29.9 Å². The molecule has 0 atom stereocenters. The Morgan fingerprint density at radius 3 is 1.79 bits per heavy atom. The Balaban J connectivity index is 1.32. The number of aryl methyl sites for hydroxylation is 1. The van der Waals surface area contributed by atoms with Gasteiger partial charge in [-0.15, -0.1) is 0 Å². The Hall–Kier alpha value is -6.71. The van der Waals surface area contributed by atoms with Crippen molar-refractivity contribution >= 4 is 33.8 Å². The number of hydrogen-bond acceptors (Lipinski definition) is 3. The predicted molar refractivity (Wildman–Crippen MR) is 242 cm³/mol. The zero-order valence-electron chi connectivity index (χ0n) is 32.2. The normalized spacial score (nSPS) is 11.9. The second kappa shape index (κ2) is 14.0. The van der Waals surface area contributed by atoms with Gasteiger partial charge in [0.05, 0.1) is 0 Å². The van der Waals surface area contributed by atoms with E-state index in [0.717, 1.165) is 51.2 Å². The standard InChI is InChI=1S/C54H37N3Se/c1-33-31-44-39-24-13-12-23-38(39)32-45(44)48(34(33)2)52-53(37-21-10-5-11-22-37)55-57-56-54(52)43-27-16-26-40(35-17-6-3-7-18-35)49(43)51-41(36-19-8-4-9-20-36)29-30-47-50(51)42-25-14-15-28-46(42)58-47/h3-31H,32H2,1-2H3.